The number of halogens is 2. The summed E-state index contributed by atoms with van der Waals surface area (Å²) in [5.41, 5.74) is 0. The zero-order chi connectivity index (χ0) is 13.1. The normalized spacial score (nSPS) is 15.5. The van der Waals surface area contributed by atoms with Crippen molar-refractivity contribution in [2.24, 2.45) is 0 Å². The molecule has 2 atom stereocenters. The lowest BCUT2D eigenvalue weighted by Crippen LogP contribution is -2.34. The van der Waals surface area contributed by atoms with Gasteiger partial charge in [0, 0.05) is 17.6 Å². The lowest BCUT2D eigenvalue weighted by atomic mass is 10.2. The highest BCUT2D eigenvalue weighted by atomic mass is 35.5. The molecular weight excluding hydrogens is 267 g/mol. The molecule has 0 aromatic carbocycles. The summed E-state index contributed by atoms with van der Waals surface area (Å²) in [6.45, 7) is 3.47. The van der Waals surface area contributed by atoms with Crippen LogP contribution in [0.2, 0.25) is 0 Å². The van der Waals surface area contributed by atoms with Crippen molar-refractivity contribution in [2.75, 3.05) is 0 Å². The standard InChI is InChI=1S/C10H14ClFN2O2S/c1-7(11)3-8(2)14-17(15,16)10-4-9(12)5-13-6-10/h4-8,14H,3H2,1-2H3. The summed E-state index contributed by atoms with van der Waals surface area (Å²) in [5.74, 6) is -0.689. The van der Waals surface area contributed by atoms with Gasteiger partial charge in [-0.1, -0.05) is 0 Å². The Morgan fingerprint density at radius 2 is 2.12 bits per heavy atom. The zero-order valence-corrected chi connectivity index (χ0v) is 11.1. The van der Waals surface area contributed by atoms with E-state index in [0.717, 1.165) is 18.5 Å². The number of nitrogens with zero attached hydrogens (tertiary/aromatic N) is 1. The van der Waals surface area contributed by atoms with Gasteiger partial charge in [-0.15, -0.1) is 11.6 Å². The Balaban J connectivity index is 2.82. The third-order valence-electron chi connectivity index (χ3n) is 2.02. The first kappa shape index (κ1) is 14.3. The molecule has 17 heavy (non-hydrogen) atoms. The number of pyridine rings is 1. The van der Waals surface area contributed by atoms with Crippen LogP contribution in [-0.2, 0) is 10.0 Å². The van der Waals surface area contributed by atoms with Gasteiger partial charge in [-0.3, -0.25) is 4.98 Å². The molecule has 0 spiro atoms. The number of hydrogen-bond donors (Lipinski definition) is 1. The van der Waals surface area contributed by atoms with Crippen LogP contribution >= 0.6 is 11.6 Å². The summed E-state index contributed by atoms with van der Waals surface area (Å²) in [6, 6.07) is 0.599. The number of sulfonamides is 1. The highest BCUT2D eigenvalue weighted by Gasteiger charge is 2.19. The number of hydrogen-bond acceptors (Lipinski definition) is 3. The molecule has 0 aliphatic heterocycles. The molecule has 1 N–H and O–H groups in total. The molecular formula is C10H14ClFN2O2S. The van der Waals surface area contributed by atoms with Crippen molar-refractivity contribution in [3.8, 4) is 0 Å². The lowest BCUT2D eigenvalue weighted by Gasteiger charge is -2.15. The summed E-state index contributed by atoms with van der Waals surface area (Å²) >= 11 is 5.77. The smallest absolute Gasteiger partial charge is 0.242 e. The van der Waals surface area contributed by atoms with Crippen molar-refractivity contribution in [1.29, 1.82) is 0 Å². The van der Waals surface area contributed by atoms with E-state index in [-0.39, 0.29) is 16.3 Å². The van der Waals surface area contributed by atoms with E-state index in [9.17, 15) is 12.8 Å². The summed E-state index contributed by atoms with van der Waals surface area (Å²) in [5, 5.41) is -0.140. The Bertz CT molecular complexity index is 479. The molecule has 0 aliphatic carbocycles. The van der Waals surface area contributed by atoms with Gasteiger partial charge >= 0.3 is 0 Å². The molecule has 1 rings (SSSR count). The summed E-state index contributed by atoms with van der Waals surface area (Å²) in [4.78, 5) is 3.31. The predicted octanol–water partition coefficient (Wildman–Crippen LogP) is 1.90. The number of nitrogens with one attached hydrogen (secondary N) is 1. The van der Waals surface area contributed by atoms with Crippen molar-refractivity contribution in [1.82, 2.24) is 9.71 Å². The van der Waals surface area contributed by atoms with Gasteiger partial charge in [-0.05, 0) is 26.3 Å². The first-order valence-electron chi connectivity index (χ1n) is 5.08. The topological polar surface area (TPSA) is 59.1 Å². The number of alkyl halides is 1. The maximum absolute atomic E-state index is 12.9. The van der Waals surface area contributed by atoms with Crippen molar-refractivity contribution in [3.63, 3.8) is 0 Å². The second kappa shape index (κ2) is 5.75. The molecule has 0 saturated heterocycles. The van der Waals surface area contributed by atoms with Crippen LogP contribution in [0.25, 0.3) is 0 Å². The number of rotatable bonds is 5. The molecule has 1 aromatic rings. The van der Waals surface area contributed by atoms with Gasteiger partial charge in [0.2, 0.25) is 10.0 Å². The minimum atomic E-state index is -3.74. The minimum Gasteiger partial charge on any atom is -0.260 e. The monoisotopic (exact) mass is 280 g/mol. The molecule has 0 aliphatic rings. The first-order valence-corrected chi connectivity index (χ1v) is 7.00. The fraction of sp³-hybridized carbons (Fsp3) is 0.500. The van der Waals surface area contributed by atoms with Gasteiger partial charge in [-0.2, -0.15) is 0 Å². The molecule has 1 heterocycles. The Morgan fingerprint density at radius 3 is 2.65 bits per heavy atom. The van der Waals surface area contributed by atoms with E-state index in [1.165, 1.54) is 0 Å². The molecule has 1 aromatic heterocycles. The van der Waals surface area contributed by atoms with Gasteiger partial charge in [0.1, 0.15) is 10.7 Å². The van der Waals surface area contributed by atoms with Crippen molar-refractivity contribution < 1.29 is 12.8 Å². The van der Waals surface area contributed by atoms with Crippen LogP contribution < -0.4 is 4.72 Å². The third kappa shape index (κ3) is 4.57. The maximum atomic E-state index is 12.9. The average Bonchev–Trinajstić information content (AvgIpc) is 2.15. The highest BCUT2D eigenvalue weighted by Crippen LogP contribution is 2.11. The van der Waals surface area contributed by atoms with Gasteiger partial charge in [0.15, 0.2) is 0 Å². The average molecular weight is 281 g/mol. The number of aromatic nitrogens is 1. The summed E-state index contributed by atoms with van der Waals surface area (Å²) in [6.07, 6.45) is 2.54. The van der Waals surface area contributed by atoms with Crippen LogP contribution in [0, 0.1) is 5.82 Å². The molecule has 0 saturated carbocycles. The van der Waals surface area contributed by atoms with E-state index in [2.05, 4.69) is 9.71 Å². The van der Waals surface area contributed by atoms with Gasteiger partial charge in [-0.25, -0.2) is 17.5 Å². The largest absolute Gasteiger partial charge is 0.260 e. The van der Waals surface area contributed by atoms with E-state index in [1.807, 2.05) is 0 Å². The molecule has 0 fully saturated rings. The van der Waals surface area contributed by atoms with Crippen LogP contribution in [0.4, 0.5) is 4.39 Å². The molecule has 96 valence electrons. The van der Waals surface area contributed by atoms with E-state index in [4.69, 9.17) is 11.6 Å². The second-order valence-electron chi connectivity index (χ2n) is 3.88. The molecule has 0 amide bonds. The SMILES string of the molecule is CC(Cl)CC(C)NS(=O)(=O)c1cncc(F)c1. The van der Waals surface area contributed by atoms with Crippen LogP contribution in [-0.4, -0.2) is 24.8 Å². The second-order valence-corrected chi connectivity index (χ2v) is 6.34. The van der Waals surface area contributed by atoms with Gasteiger partial charge < -0.3 is 0 Å². The quantitative estimate of drug-likeness (QED) is 0.838. The molecule has 0 radical (unpaired) electrons. The van der Waals surface area contributed by atoms with Crippen LogP contribution in [0.1, 0.15) is 20.3 Å². The van der Waals surface area contributed by atoms with Gasteiger partial charge in [0.05, 0.1) is 6.20 Å². The fourth-order valence-corrected chi connectivity index (χ4v) is 2.90. The maximum Gasteiger partial charge on any atom is 0.242 e. The van der Waals surface area contributed by atoms with Gasteiger partial charge in [0.25, 0.3) is 0 Å². The summed E-state index contributed by atoms with van der Waals surface area (Å²) < 4.78 is 38.9. The minimum absolute atomic E-state index is 0.140. The Hall–Kier alpha value is -0.720. The first-order chi connectivity index (χ1) is 7.81. The third-order valence-corrected chi connectivity index (χ3v) is 3.76. The highest BCUT2D eigenvalue weighted by molar-refractivity contribution is 7.89. The predicted molar refractivity (Wildman–Crippen MR) is 63.9 cm³/mol. The van der Waals surface area contributed by atoms with Crippen LogP contribution in [0.15, 0.2) is 23.4 Å². The Kier molecular flexibility index (Phi) is 4.85. The van der Waals surface area contributed by atoms with E-state index >= 15 is 0 Å². The molecule has 7 heteroatoms. The Labute approximate surface area is 105 Å². The van der Waals surface area contributed by atoms with Crippen molar-refractivity contribution >= 4 is 21.6 Å². The fourth-order valence-electron chi connectivity index (χ4n) is 1.41. The zero-order valence-electron chi connectivity index (χ0n) is 9.52. The van der Waals surface area contributed by atoms with E-state index in [1.54, 1.807) is 13.8 Å². The van der Waals surface area contributed by atoms with Crippen molar-refractivity contribution in [3.05, 3.63) is 24.3 Å². The van der Waals surface area contributed by atoms with Crippen molar-refractivity contribution in [2.45, 2.75) is 36.6 Å². The molecule has 0 bridgehead atoms. The Morgan fingerprint density at radius 1 is 1.47 bits per heavy atom. The lowest BCUT2D eigenvalue weighted by molar-refractivity contribution is 0.543. The van der Waals surface area contributed by atoms with Crippen LogP contribution in [0.3, 0.4) is 0 Å². The van der Waals surface area contributed by atoms with E-state index < -0.39 is 15.8 Å². The molecule has 4 nitrogen and oxygen atoms in total. The van der Waals surface area contributed by atoms with E-state index in [0.29, 0.717) is 6.42 Å². The summed E-state index contributed by atoms with van der Waals surface area (Å²) in [7, 11) is -3.74. The molecule has 2 unspecified atom stereocenters. The van der Waals surface area contributed by atoms with Crippen LogP contribution in [0.5, 0.6) is 0 Å².